The molecule has 0 bridgehead atoms. The van der Waals surface area contributed by atoms with Gasteiger partial charge in [-0.3, -0.25) is 0 Å². The zero-order valence-electron chi connectivity index (χ0n) is 10.4. The zero-order valence-corrected chi connectivity index (χ0v) is 11.1. The molecule has 2 rings (SSSR count). The summed E-state index contributed by atoms with van der Waals surface area (Å²) in [7, 11) is 0. The van der Waals surface area contributed by atoms with Gasteiger partial charge in [-0.05, 0) is 12.3 Å². The van der Waals surface area contributed by atoms with Gasteiger partial charge in [0.05, 0.1) is 0 Å². The Kier molecular flexibility index (Phi) is 4.60. The van der Waals surface area contributed by atoms with E-state index in [1.807, 2.05) is 6.92 Å². The molecule has 1 heterocycles. The highest BCUT2D eigenvalue weighted by molar-refractivity contribution is 6.29. The summed E-state index contributed by atoms with van der Waals surface area (Å²) in [5, 5.41) is 3.88. The molecule has 94 valence electrons. The first-order chi connectivity index (χ1) is 8.28. The normalized spacial score (nSPS) is 16.4. The Bertz CT molecular complexity index is 362. The molecule has 1 saturated carbocycles. The van der Waals surface area contributed by atoms with E-state index in [1.165, 1.54) is 32.1 Å². The van der Waals surface area contributed by atoms with Crippen molar-refractivity contribution in [2.45, 2.75) is 45.4 Å². The molecule has 1 aliphatic rings. The van der Waals surface area contributed by atoms with Crippen molar-refractivity contribution < 1.29 is 0 Å². The first-order valence-corrected chi connectivity index (χ1v) is 6.93. The molecule has 1 aliphatic carbocycles. The summed E-state index contributed by atoms with van der Waals surface area (Å²) in [5.74, 6) is 2.58. The van der Waals surface area contributed by atoms with Gasteiger partial charge in [-0.15, -0.1) is 0 Å². The smallest absolute Gasteiger partial charge is 0.134 e. The molecule has 0 amide bonds. The van der Waals surface area contributed by atoms with E-state index in [0.29, 0.717) is 5.15 Å². The Morgan fingerprint density at radius 3 is 2.82 bits per heavy atom. The third-order valence-electron chi connectivity index (χ3n) is 3.39. The molecule has 4 heteroatoms. The SMILES string of the molecule is CCc1nc(Cl)cc(NCCC2CCCC2)n1. The fraction of sp³-hybridized carbons (Fsp3) is 0.692. The van der Waals surface area contributed by atoms with Gasteiger partial charge in [0.2, 0.25) is 0 Å². The highest BCUT2D eigenvalue weighted by atomic mass is 35.5. The monoisotopic (exact) mass is 253 g/mol. The predicted octanol–water partition coefficient (Wildman–Crippen LogP) is 3.68. The molecule has 3 nitrogen and oxygen atoms in total. The molecular formula is C13H20ClN3. The second-order valence-corrected chi connectivity index (χ2v) is 5.10. The fourth-order valence-electron chi connectivity index (χ4n) is 2.42. The van der Waals surface area contributed by atoms with Gasteiger partial charge in [0.15, 0.2) is 0 Å². The van der Waals surface area contributed by atoms with E-state index in [-0.39, 0.29) is 0 Å². The zero-order chi connectivity index (χ0) is 12.1. The predicted molar refractivity (Wildman–Crippen MR) is 71.5 cm³/mol. The molecule has 0 atom stereocenters. The Morgan fingerprint density at radius 2 is 2.12 bits per heavy atom. The second-order valence-electron chi connectivity index (χ2n) is 4.71. The summed E-state index contributed by atoms with van der Waals surface area (Å²) in [6.45, 7) is 3.02. The second kappa shape index (κ2) is 6.20. The van der Waals surface area contributed by atoms with Gasteiger partial charge in [-0.1, -0.05) is 44.2 Å². The van der Waals surface area contributed by atoms with Gasteiger partial charge in [-0.25, -0.2) is 9.97 Å². The maximum atomic E-state index is 5.94. The van der Waals surface area contributed by atoms with Crippen LogP contribution in [0.25, 0.3) is 0 Å². The van der Waals surface area contributed by atoms with Gasteiger partial charge >= 0.3 is 0 Å². The van der Waals surface area contributed by atoms with Gasteiger partial charge in [0.25, 0.3) is 0 Å². The van der Waals surface area contributed by atoms with Crippen LogP contribution in [0.5, 0.6) is 0 Å². The summed E-state index contributed by atoms with van der Waals surface area (Å²) in [6.07, 6.45) is 7.66. The third kappa shape index (κ3) is 3.84. The van der Waals surface area contributed by atoms with Crippen LogP contribution in [-0.4, -0.2) is 16.5 Å². The standard InChI is InChI=1S/C13H20ClN3/c1-2-12-16-11(14)9-13(17-12)15-8-7-10-5-3-4-6-10/h9-10H,2-8H2,1H3,(H,15,16,17). The molecule has 0 aliphatic heterocycles. The summed E-state index contributed by atoms with van der Waals surface area (Å²) in [5.41, 5.74) is 0. The molecule has 1 aromatic rings. The van der Waals surface area contributed by atoms with Crippen molar-refractivity contribution in [3.05, 3.63) is 17.0 Å². The van der Waals surface area contributed by atoms with Crippen molar-refractivity contribution in [2.75, 3.05) is 11.9 Å². The molecule has 17 heavy (non-hydrogen) atoms. The molecule has 1 N–H and O–H groups in total. The lowest BCUT2D eigenvalue weighted by atomic mass is 10.0. The number of aromatic nitrogens is 2. The van der Waals surface area contributed by atoms with E-state index < -0.39 is 0 Å². The molecule has 1 fully saturated rings. The average molecular weight is 254 g/mol. The van der Waals surface area contributed by atoms with Crippen LogP contribution in [-0.2, 0) is 6.42 Å². The highest BCUT2D eigenvalue weighted by Gasteiger charge is 2.14. The Balaban J connectivity index is 1.83. The molecule has 0 aromatic carbocycles. The lowest BCUT2D eigenvalue weighted by Gasteiger charge is -2.10. The molecular weight excluding hydrogens is 234 g/mol. The molecule has 0 unspecified atom stereocenters. The summed E-state index contributed by atoms with van der Waals surface area (Å²) < 4.78 is 0. The molecule has 1 aromatic heterocycles. The number of hydrogen-bond acceptors (Lipinski definition) is 3. The summed E-state index contributed by atoms with van der Waals surface area (Å²) in [6, 6.07) is 1.80. The van der Waals surface area contributed by atoms with Crippen LogP contribution in [0.1, 0.15) is 44.9 Å². The van der Waals surface area contributed by atoms with Gasteiger partial charge in [0.1, 0.15) is 16.8 Å². The van der Waals surface area contributed by atoms with Gasteiger partial charge in [0, 0.05) is 19.0 Å². The number of aryl methyl sites for hydroxylation is 1. The maximum absolute atomic E-state index is 5.94. The van der Waals surface area contributed by atoms with Crippen LogP contribution in [0, 0.1) is 5.92 Å². The van der Waals surface area contributed by atoms with E-state index >= 15 is 0 Å². The number of halogens is 1. The maximum Gasteiger partial charge on any atom is 0.134 e. The van der Waals surface area contributed by atoms with Crippen LogP contribution >= 0.6 is 11.6 Å². The summed E-state index contributed by atoms with van der Waals surface area (Å²) >= 11 is 5.94. The van der Waals surface area contributed by atoms with Crippen LogP contribution in [0.3, 0.4) is 0 Å². The molecule has 0 saturated heterocycles. The molecule has 0 radical (unpaired) electrons. The van der Waals surface area contributed by atoms with E-state index in [9.17, 15) is 0 Å². The van der Waals surface area contributed by atoms with Crippen molar-refractivity contribution in [3.8, 4) is 0 Å². The van der Waals surface area contributed by atoms with Gasteiger partial charge in [-0.2, -0.15) is 0 Å². The van der Waals surface area contributed by atoms with E-state index in [1.54, 1.807) is 6.07 Å². The largest absolute Gasteiger partial charge is 0.370 e. The number of hydrogen-bond donors (Lipinski definition) is 1. The van der Waals surface area contributed by atoms with Crippen LogP contribution in [0.15, 0.2) is 6.07 Å². The quantitative estimate of drug-likeness (QED) is 0.814. The highest BCUT2D eigenvalue weighted by Crippen LogP contribution is 2.27. The third-order valence-corrected chi connectivity index (χ3v) is 3.58. The van der Waals surface area contributed by atoms with Crippen LogP contribution < -0.4 is 5.32 Å². The first-order valence-electron chi connectivity index (χ1n) is 6.55. The lowest BCUT2D eigenvalue weighted by Crippen LogP contribution is -2.09. The van der Waals surface area contributed by atoms with E-state index in [2.05, 4.69) is 15.3 Å². The van der Waals surface area contributed by atoms with Crippen molar-refractivity contribution in [3.63, 3.8) is 0 Å². The summed E-state index contributed by atoms with van der Waals surface area (Å²) in [4.78, 5) is 8.56. The van der Waals surface area contributed by atoms with E-state index in [4.69, 9.17) is 11.6 Å². The minimum Gasteiger partial charge on any atom is -0.370 e. The minimum absolute atomic E-state index is 0.528. The number of rotatable bonds is 5. The number of nitrogens with zero attached hydrogens (tertiary/aromatic N) is 2. The fourth-order valence-corrected chi connectivity index (χ4v) is 2.62. The Hall–Kier alpha value is -0.830. The molecule has 0 spiro atoms. The topological polar surface area (TPSA) is 37.8 Å². The number of nitrogens with one attached hydrogen (secondary N) is 1. The van der Waals surface area contributed by atoms with Crippen LogP contribution in [0.2, 0.25) is 5.15 Å². The van der Waals surface area contributed by atoms with Crippen molar-refractivity contribution in [1.29, 1.82) is 0 Å². The number of anilines is 1. The average Bonchev–Trinajstić information content (AvgIpc) is 2.81. The van der Waals surface area contributed by atoms with Crippen molar-refractivity contribution >= 4 is 17.4 Å². The first kappa shape index (κ1) is 12.6. The minimum atomic E-state index is 0.528. The van der Waals surface area contributed by atoms with Crippen molar-refractivity contribution in [2.24, 2.45) is 5.92 Å². The van der Waals surface area contributed by atoms with Gasteiger partial charge < -0.3 is 5.32 Å². The Labute approximate surface area is 108 Å². The Morgan fingerprint density at radius 1 is 1.35 bits per heavy atom. The van der Waals surface area contributed by atoms with Crippen molar-refractivity contribution in [1.82, 2.24) is 9.97 Å². The lowest BCUT2D eigenvalue weighted by molar-refractivity contribution is 0.518. The van der Waals surface area contributed by atoms with Crippen LogP contribution in [0.4, 0.5) is 5.82 Å². The van der Waals surface area contributed by atoms with E-state index in [0.717, 1.165) is 30.5 Å².